The lowest BCUT2D eigenvalue weighted by Gasteiger charge is -2.11. The van der Waals surface area contributed by atoms with E-state index in [-0.39, 0.29) is 6.04 Å². The van der Waals surface area contributed by atoms with Crippen molar-refractivity contribution in [1.29, 1.82) is 0 Å². The Balaban J connectivity index is 2.46. The van der Waals surface area contributed by atoms with Gasteiger partial charge >= 0.3 is 0 Å². The van der Waals surface area contributed by atoms with Crippen LogP contribution in [0.3, 0.4) is 0 Å². The second-order valence-electron chi connectivity index (χ2n) is 4.00. The Hall–Kier alpha value is -1.61. The Morgan fingerprint density at radius 2 is 2.25 bits per heavy atom. The molecule has 0 bridgehead atoms. The van der Waals surface area contributed by atoms with Gasteiger partial charge in [0, 0.05) is 11.7 Å². The average Bonchev–Trinajstić information content (AvgIpc) is 2.78. The highest BCUT2D eigenvalue weighted by molar-refractivity contribution is 5.37. The monoisotopic (exact) mass is 215 g/mol. The first-order chi connectivity index (χ1) is 7.72. The highest BCUT2D eigenvalue weighted by Gasteiger charge is 2.08. The summed E-state index contributed by atoms with van der Waals surface area (Å²) in [6, 6.07) is 8.44. The second kappa shape index (κ2) is 4.49. The zero-order valence-electron chi connectivity index (χ0n) is 9.72. The molecule has 1 aromatic carbocycles. The Bertz CT molecular complexity index is 472. The van der Waals surface area contributed by atoms with Crippen molar-refractivity contribution >= 4 is 0 Å². The number of rotatable bonds is 3. The minimum absolute atomic E-state index is 0.00668. The van der Waals surface area contributed by atoms with E-state index in [4.69, 9.17) is 5.73 Å². The van der Waals surface area contributed by atoms with Crippen LogP contribution in [0.4, 0.5) is 0 Å². The molecule has 0 amide bonds. The number of imidazole rings is 1. The van der Waals surface area contributed by atoms with E-state index < -0.39 is 0 Å². The topological polar surface area (TPSA) is 43.8 Å². The highest BCUT2D eigenvalue weighted by Crippen LogP contribution is 2.17. The summed E-state index contributed by atoms with van der Waals surface area (Å²) in [5.74, 6) is 0. The van der Waals surface area contributed by atoms with Crippen LogP contribution in [0.25, 0.3) is 5.69 Å². The molecule has 2 rings (SSSR count). The van der Waals surface area contributed by atoms with Gasteiger partial charge in [0.2, 0.25) is 0 Å². The molecule has 0 aliphatic carbocycles. The van der Waals surface area contributed by atoms with Crippen molar-refractivity contribution in [2.24, 2.45) is 5.73 Å². The molecule has 0 fully saturated rings. The number of benzene rings is 1. The fourth-order valence-electron chi connectivity index (χ4n) is 1.78. The standard InChI is InChI=1S/C13H17N3/c1-3-11-5-4-6-12(7-11)16-9-15-8-13(16)10(2)14/h4-10H,3,14H2,1-2H3/t10-/m0/s1. The summed E-state index contributed by atoms with van der Waals surface area (Å²) in [7, 11) is 0. The van der Waals surface area contributed by atoms with Gasteiger partial charge in [0.1, 0.15) is 0 Å². The fraction of sp³-hybridized carbons (Fsp3) is 0.308. The summed E-state index contributed by atoms with van der Waals surface area (Å²) in [4.78, 5) is 4.16. The van der Waals surface area contributed by atoms with Crippen molar-refractivity contribution < 1.29 is 0 Å². The van der Waals surface area contributed by atoms with Gasteiger partial charge in [-0.15, -0.1) is 0 Å². The van der Waals surface area contributed by atoms with Crippen LogP contribution >= 0.6 is 0 Å². The lowest BCUT2D eigenvalue weighted by Crippen LogP contribution is -2.10. The predicted octanol–water partition coefficient (Wildman–Crippen LogP) is 2.45. The lowest BCUT2D eigenvalue weighted by atomic mass is 10.1. The molecule has 0 unspecified atom stereocenters. The molecule has 3 heteroatoms. The minimum atomic E-state index is -0.00668. The number of aromatic nitrogens is 2. The van der Waals surface area contributed by atoms with Gasteiger partial charge in [0.25, 0.3) is 0 Å². The summed E-state index contributed by atoms with van der Waals surface area (Å²) >= 11 is 0. The van der Waals surface area contributed by atoms with Crippen LogP contribution in [0.1, 0.15) is 31.1 Å². The van der Waals surface area contributed by atoms with Gasteiger partial charge < -0.3 is 10.3 Å². The maximum Gasteiger partial charge on any atom is 0.0994 e. The maximum atomic E-state index is 5.91. The first-order valence-electron chi connectivity index (χ1n) is 5.59. The van der Waals surface area contributed by atoms with E-state index >= 15 is 0 Å². The average molecular weight is 215 g/mol. The summed E-state index contributed by atoms with van der Waals surface area (Å²) in [6.07, 6.45) is 4.67. The van der Waals surface area contributed by atoms with Crippen LogP contribution in [0.15, 0.2) is 36.8 Å². The van der Waals surface area contributed by atoms with Crippen molar-refractivity contribution in [2.45, 2.75) is 26.3 Å². The number of aryl methyl sites for hydroxylation is 1. The molecule has 2 aromatic rings. The smallest absolute Gasteiger partial charge is 0.0994 e. The molecule has 16 heavy (non-hydrogen) atoms. The molecule has 0 saturated heterocycles. The number of hydrogen-bond acceptors (Lipinski definition) is 2. The molecule has 1 aromatic heterocycles. The highest BCUT2D eigenvalue weighted by atomic mass is 15.1. The van der Waals surface area contributed by atoms with E-state index in [9.17, 15) is 0 Å². The van der Waals surface area contributed by atoms with Crippen molar-refractivity contribution in [3.05, 3.63) is 48.0 Å². The molecule has 0 aliphatic heterocycles. The van der Waals surface area contributed by atoms with Gasteiger partial charge in [-0.3, -0.25) is 0 Å². The zero-order valence-corrected chi connectivity index (χ0v) is 9.72. The van der Waals surface area contributed by atoms with Crippen molar-refractivity contribution in [3.8, 4) is 5.69 Å². The Kier molecular flexibility index (Phi) is 3.06. The van der Waals surface area contributed by atoms with E-state index in [1.165, 1.54) is 5.56 Å². The van der Waals surface area contributed by atoms with Gasteiger partial charge in [-0.2, -0.15) is 0 Å². The van der Waals surface area contributed by atoms with Crippen LogP contribution in [0, 0.1) is 0 Å². The van der Waals surface area contributed by atoms with Crippen molar-refractivity contribution in [1.82, 2.24) is 9.55 Å². The summed E-state index contributed by atoms with van der Waals surface area (Å²) in [6.45, 7) is 4.12. The largest absolute Gasteiger partial charge is 0.323 e. The van der Waals surface area contributed by atoms with Crippen LogP contribution in [0.5, 0.6) is 0 Å². The summed E-state index contributed by atoms with van der Waals surface area (Å²) in [5, 5.41) is 0. The molecule has 0 spiro atoms. The molecule has 1 heterocycles. The Morgan fingerprint density at radius 3 is 2.94 bits per heavy atom. The van der Waals surface area contributed by atoms with Crippen LogP contribution in [0.2, 0.25) is 0 Å². The molecule has 0 radical (unpaired) electrons. The molecule has 0 saturated carbocycles. The first kappa shape index (κ1) is 10.9. The molecule has 3 nitrogen and oxygen atoms in total. The van der Waals surface area contributed by atoms with Gasteiger partial charge in [-0.25, -0.2) is 4.98 Å². The van der Waals surface area contributed by atoms with E-state index in [2.05, 4.69) is 36.2 Å². The Morgan fingerprint density at radius 1 is 1.44 bits per heavy atom. The minimum Gasteiger partial charge on any atom is -0.323 e. The van der Waals surface area contributed by atoms with Crippen molar-refractivity contribution in [3.63, 3.8) is 0 Å². The zero-order chi connectivity index (χ0) is 11.5. The van der Waals surface area contributed by atoms with E-state index in [0.29, 0.717) is 0 Å². The van der Waals surface area contributed by atoms with Gasteiger partial charge in [0.05, 0.1) is 18.2 Å². The molecular weight excluding hydrogens is 198 g/mol. The molecule has 0 aliphatic rings. The molecular formula is C13H17N3. The van der Waals surface area contributed by atoms with Crippen LogP contribution in [-0.2, 0) is 6.42 Å². The third-order valence-electron chi connectivity index (χ3n) is 2.73. The van der Waals surface area contributed by atoms with Gasteiger partial charge in [0.15, 0.2) is 0 Å². The maximum absolute atomic E-state index is 5.91. The number of hydrogen-bond donors (Lipinski definition) is 1. The summed E-state index contributed by atoms with van der Waals surface area (Å²) < 4.78 is 2.05. The fourth-order valence-corrected chi connectivity index (χ4v) is 1.78. The van der Waals surface area contributed by atoms with Gasteiger partial charge in [-0.05, 0) is 31.0 Å². The second-order valence-corrected chi connectivity index (χ2v) is 4.00. The first-order valence-corrected chi connectivity index (χ1v) is 5.59. The predicted molar refractivity (Wildman–Crippen MR) is 65.5 cm³/mol. The molecule has 1 atom stereocenters. The Labute approximate surface area is 95.9 Å². The molecule has 2 N–H and O–H groups in total. The van der Waals surface area contributed by atoms with Crippen LogP contribution in [-0.4, -0.2) is 9.55 Å². The third-order valence-corrected chi connectivity index (χ3v) is 2.73. The molecule has 84 valence electrons. The number of nitrogens with zero attached hydrogens (tertiary/aromatic N) is 2. The number of nitrogens with two attached hydrogens (primary N) is 1. The van der Waals surface area contributed by atoms with Gasteiger partial charge in [-0.1, -0.05) is 19.1 Å². The van der Waals surface area contributed by atoms with E-state index in [1.807, 2.05) is 24.0 Å². The lowest BCUT2D eigenvalue weighted by molar-refractivity contribution is 0.752. The van der Waals surface area contributed by atoms with E-state index in [1.54, 1.807) is 0 Å². The SMILES string of the molecule is CCc1cccc(-n2cncc2[C@H](C)N)c1. The van der Waals surface area contributed by atoms with Crippen LogP contribution < -0.4 is 5.73 Å². The van der Waals surface area contributed by atoms with E-state index in [0.717, 1.165) is 17.8 Å². The summed E-state index contributed by atoms with van der Waals surface area (Å²) in [5.41, 5.74) is 9.39. The van der Waals surface area contributed by atoms with Crippen molar-refractivity contribution in [2.75, 3.05) is 0 Å². The third kappa shape index (κ3) is 1.99. The quantitative estimate of drug-likeness (QED) is 0.854. The normalized spacial score (nSPS) is 12.7.